The van der Waals surface area contributed by atoms with Crippen molar-refractivity contribution in [2.24, 2.45) is 0 Å². The summed E-state index contributed by atoms with van der Waals surface area (Å²) < 4.78 is 5.84. The van der Waals surface area contributed by atoms with Crippen molar-refractivity contribution in [2.45, 2.75) is 13.3 Å². The van der Waals surface area contributed by atoms with E-state index in [1.807, 2.05) is 0 Å². The average Bonchev–Trinajstić information content (AvgIpc) is 2.40. The predicted octanol–water partition coefficient (Wildman–Crippen LogP) is 3.19. The predicted molar refractivity (Wildman–Crippen MR) is 77.7 cm³/mol. The Morgan fingerprint density at radius 3 is 2.70 bits per heavy atom. The topological polar surface area (TPSA) is 56.3 Å². The van der Waals surface area contributed by atoms with Crippen LogP contribution in [0.15, 0.2) is 47.2 Å². The van der Waals surface area contributed by atoms with Gasteiger partial charge in [0.05, 0.1) is 0 Å². The Labute approximate surface area is 124 Å². The van der Waals surface area contributed by atoms with Crippen LogP contribution in [0.1, 0.15) is 22.8 Å². The first kappa shape index (κ1) is 14.4. The Kier molecular flexibility index (Phi) is 4.63. The number of ketones is 1. The Hall–Kier alpha value is -2.01. The van der Waals surface area contributed by atoms with E-state index in [1.165, 1.54) is 13.1 Å². The number of pyridine rings is 1. The molecule has 0 saturated carbocycles. The van der Waals surface area contributed by atoms with Crippen molar-refractivity contribution in [1.29, 1.82) is 0 Å². The van der Waals surface area contributed by atoms with E-state index in [1.54, 1.807) is 36.5 Å². The molecule has 4 nitrogen and oxygen atoms in total. The third kappa shape index (κ3) is 3.74. The lowest BCUT2D eigenvalue weighted by Crippen LogP contribution is -2.08. The Bertz CT molecular complexity index is 655. The molecule has 0 fully saturated rings. The summed E-state index contributed by atoms with van der Waals surface area (Å²) in [5.41, 5.74) is 1.18. The van der Waals surface area contributed by atoms with Gasteiger partial charge in [-0.05, 0) is 28.1 Å². The molecule has 0 aliphatic heterocycles. The van der Waals surface area contributed by atoms with Gasteiger partial charge in [0.2, 0.25) is 0 Å². The smallest absolute Gasteiger partial charge is 0.308 e. The van der Waals surface area contributed by atoms with Crippen LogP contribution < -0.4 is 4.74 Å². The number of Topliss-reactive ketones (excluding diaryl/α,β-unsaturated/α-hetero) is 1. The van der Waals surface area contributed by atoms with E-state index in [4.69, 9.17) is 4.74 Å². The lowest BCUT2D eigenvalue weighted by Gasteiger charge is -2.08. The first-order valence-electron chi connectivity index (χ1n) is 5.96. The Morgan fingerprint density at radius 1 is 1.25 bits per heavy atom. The Balaban J connectivity index is 2.21. The molecule has 0 bridgehead atoms. The number of ether oxygens (including phenoxy) is 1. The van der Waals surface area contributed by atoms with E-state index in [-0.39, 0.29) is 12.2 Å². The van der Waals surface area contributed by atoms with Crippen molar-refractivity contribution < 1.29 is 14.3 Å². The highest BCUT2D eigenvalue weighted by molar-refractivity contribution is 9.10. The maximum atomic E-state index is 12.2. The highest BCUT2D eigenvalue weighted by Gasteiger charge is 2.12. The fourth-order valence-corrected chi connectivity index (χ4v) is 2.11. The van der Waals surface area contributed by atoms with Gasteiger partial charge in [0.25, 0.3) is 0 Å². The molecule has 0 spiro atoms. The SMILES string of the molecule is CC(=O)Oc1ccccc1CC(=O)c1cncc(Br)c1. The highest BCUT2D eigenvalue weighted by atomic mass is 79.9. The molecule has 5 heteroatoms. The number of carbonyl (C=O) groups excluding carboxylic acids is 2. The monoisotopic (exact) mass is 333 g/mol. The third-order valence-corrected chi connectivity index (χ3v) is 3.04. The number of halogens is 1. The summed E-state index contributed by atoms with van der Waals surface area (Å²) in [5, 5.41) is 0. The summed E-state index contributed by atoms with van der Waals surface area (Å²) >= 11 is 3.28. The molecule has 102 valence electrons. The van der Waals surface area contributed by atoms with Crippen LogP contribution in [0.2, 0.25) is 0 Å². The largest absolute Gasteiger partial charge is 0.426 e. The molecule has 2 aromatic rings. The summed E-state index contributed by atoms with van der Waals surface area (Å²) in [6, 6.07) is 8.70. The van der Waals surface area contributed by atoms with Crippen LogP contribution in [0.3, 0.4) is 0 Å². The molecular formula is C15H12BrNO3. The third-order valence-electron chi connectivity index (χ3n) is 2.60. The van der Waals surface area contributed by atoms with Gasteiger partial charge in [0, 0.05) is 41.3 Å². The van der Waals surface area contributed by atoms with Crippen LogP contribution in [0.25, 0.3) is 0 Å². The minimum absolute atomic E-state index is 0.0848. The Morgan fingerprint density at radius 2 is 2.00 bits per heavy atom. The number of nitrogens with zero attached hydrogens (tertiary/aromatic N) is 1. The molecular weight excluding hydrogens is 322 g/mol. The van der Waals surface area contributed by atoms with Gasteiger partial charge >= 0.3 is 5.97 Å². The van der Waals surface area contributed by atoms with E-state index in [9.17, 15) is 9.59 Å². The van der Waals surface area contributed by atoms with E-state index < -0.39 is 5.97 Å². The first-order chi connectivity index (χ1) is 9.56. The molecule has 0 amide bonds. The maximum absolute atomic E-state index is 12.2. The fraction of sp³-hybridized carbons (Fsp3) is 0.133. The number of hydrogen-bond donors (Lipinski definition) is 0. The summed E-state index contributed by atoms with van der Waals surface area (Å²) in [4.78, 5) is 27.2. The summed E-state index contributed by atoms with van der Waals surface area (Å²) in [6.07, 6.45) is 3.28. The second-order valence-electron chi connectivity index (χ2n) is 4.19. The van der Waals surface area contributed by atoms with Crippen molar-refractivity contribution in [1.82, 2.24) is 4.98 Å². The quantitative estimate of drug-likeness (QED) is 0.489. The van der Waals surface area contributed by atoms with Gasteiger partial charge in [-0.1, -0.05) is 18.2 Å². The van der Waals surface area contributed by atoms with Crippen molar-refractivity contribution in [3.63, 3.8) is 0 Å². The standard InChI is InChI=1S/C15H12BrNO3/c1-10(18)20-15-5-3-2-4-11(15)7-14(19)12-6-13(16)9-17-8-12/h2-6,8-9H,7H2,1H3. The number of esters is 1. The van der Waals surface area contributed by atoms with E-state index in [0.29, 0.717) is 16.9 Å². The van der Waals surface area contributed by atoms with Crippen LogP contribution in [-0.2, 0) is 11.2 Å². The summed E-state index contributed by atoms with van der Waals surface area (Å²) in [5.74, 6) is -0.0799. The normalized spacial score (nSPS) is 10.1. The molecule has 0 aliphatic rings. The maximum Gasteiger partial charge on any atom is 0.308 e. The molecule has 1 heterocycles. The van der Waals surface area contributed by atoms with Crippen LogP contribution in [-0.4, -0.2) is 16.7 Å². The van der Waals surface area contributed by atoms with E-state index in [2.05, 4.69) is 20.9 Å². The summed E-state index contributed by atoms with van der Waals surface area (Å²) in [7, 11) is 0. The molecule has 1 aromatic carbocycles. The zero-order valence-electron chi connectivity index (χ0n) is 10.8. The molecule has 0 aliphatic carbocycles. The van der Waals surface area contributed by atoms with Crippen molar-refractivity contribution in [3.05, 3.63) is 58.3 Å². The van der Waals surface area contributed by atoms with Gasteiger partial charge in [-0.15, -0.1) is 0 Å². The van der Waals surface area contributed by atoms with Crippen molar-refractivity contribution in [3.8, 4) is 5.75 Å². The van der Waals surface area contributed by atoms with Gasteiger partial charge in [-0.25, -0.2) is 0 Å². The van der Waals surface area contributed by atoms with Crippen LogP contribution >= 0.6 is 15.9 Å². The van der Waals surface area contributed by atoms with Crippen molar-refractivity contribution in [2.75, 3.05) is 0 Å². The second-order valence-corrected chi connectivity index (χ2v) is 5.11. The number of carbonyl (C=O) groups is 2. The highest BCUT2D eigenvalue weighted by Crippen LogP contribution is 2.21. The van der Waals surface area contributed by atoms with Gasteiger partial charge in [-0.2, -0.15) is 0 Å². The van der Waals surface area contributed by atoms with Crippen LogP contribution in [0.5, 0.6) is 5.75 Å². The molecule has 0 N–H and O–H groups in total. The number of benzene rings is 1. The zero-order chi connectivity index (χ0) is 14.5. The molecule has 0 atom stereocenters. The zero-order valence-corrected chi connectivity index (χ0v) is 12.4. The number of hydrogen-bond acceptors (Lipinski definition) is 4. The minimum Gasteiger partial charge on any atom is -0.426 e. The van der Waals surface area contributed by atoms with Crippen LogP contribution in [0.4, 0.5) is 0 Å². The molecule has 0 saturated heterocycles. The lowest BCUT2D eigenvalue weighted by molar-refractivity contribution is -0.131. The van der Waals surface area contributed by atoms with E-state index >= 15 is 0 Å². The van der Waals surface area contributed by atoms with Crippen molar-refractivity contribution >= 4 is 27.7 Å². The molecule has 0 radical (unpaired) electrons. The number of aromatic nitrogens is 1. The first-order valence-corrected chi connectivity index (χ1v) is 6.75. The van der Waals surface area contributed by atoms with Gasteiger partial charge in [0.15, 0.2) is 5.78 Å². The summed E-state index contributed by atoms with van der Waals surface area (Å²) in [6.45, 7) is 1.33. The number of para-hydroxylation sites is 1. The molecule has 1 aromatic heterocycles. The van der Waals surface area contributed by atoms with Gasteiger partial charge in [-0.3, -0.25) is 14.6 Å². The second kappa shape index (κ2) is 6.43. The molecule has 20 heavy (non-hydrogen) atoms. The van der Waals surface area contributed by atoms with Crippen LogP contribution in [0, 0.1) is 0 Å². The lowest BCUT2D eigenvalue weighted by atomic mass is 10.0. The molecule has 0 unspecified atom stereocenters. The van der Waals surface area contributed by atoms with E-state index in [0.717, 1.165) is 4.47 Å². The minimum atomic E-state index is -0.408. The fourth-order valence-electron chi connectivity index (χ4n) is 1.74. The van der Waals surface area contributed by atoms with Gasteiger partial charge in [0.1, 0.15) is 5.75 Å². The number of rotatable bonds is 4. The van der Waals surface area contributed by atoms with Gasteiger partial charge < -0.3 is 4.74 Å². The average molecular weight is 334 g/mol. The molecule has 2 rings (SSSR count).